The zero-order valence-electron chi connectivity index (χ0n) is 17.5. The zero-order chi connectivity index (χ0) is 20.9. The van der Waals surface area contributed by atoms with E-state index in [1.54, 1.807) is 15.2 Å². The maximum absolute atomic E-state index is 12.6. The van der Waals surface area contributed by atoms with Crippen molar-refractivity contribution in [3.63, 3.8) is 0 Å². The summed E-state index contributed by atoms with van der Waals surface area (Å²) in [5, 5.41) is 12.1. The molecule has 2 aliphatic carbocycles. The molecule has 1 aliphatic heterocycles. The fraction of sp³-hybridized carbons (Fsp3) is 0.632. The third-order valence-corrected chi connectivity index (χ3v) is 9.24. The van der Waals surface area contributed by atoms with Crippen LogP contribution in [0, 0.1) is 17.8 Å². The Balaban J connectivity index is 1.20. The van der Waals surface area contributed by atoms with Gasteiger partial charge >= 0.3 is 0 Å². The highest BCUT2D eigenvalue weighted by molar-refractivity contribution is 7.89. The number of nitrogens with one attached hydrogen (secondary N) is 2. The first-order valence-electron chi connectivity index (χ1n) is 10.7. The van der Waals surface area contributed by atoms with Crippen LogP contribution in [0.1, 0.15) is 25.7 Å². The average molecular weight is 448 g/mol. The second kappa shape index (κ2) is 7.61. The van der Waals surface area contributed by atoms with Crippen molar-refractivity contribution >= 4 is 42.9 Å². The standard InChI is InChI=1S/C19H29N7O2SSi/c1-25-10-16(6-21-25)23-19-20-7-17(30)18(24-19)22-15-4-13-8-26(9-14(13)5-15)29(27,28)11-12-2-3-12/h6-7,10,12-15H,2-5,8-9,11H2,1,30H3,(H2,20,22,23,24). The summed E-state index contributed by atoms with van der Waals surface area (Å²) in [7, 11) is -0.342. The fourth-order valence-corrected chi connectivity index (χ4v) is 7.11. The number of aromatic nitrogens is 4. The van der Waals surface area contributed by atoms with E-state index in [1.165, 1.54) is 0 Å². The smallest absolute Gasteiger partial charge is 0.229 e. The van der Waals surface area contributed by atoms with Crippen LogP contribution >= 0.6 is 0 Å². The van der Waals surface area contributed by atoms with Crippen LogP contribution in [0.25, 0.3) is 0 Å². The molecule has 2 atom stereocenters. The number of sulfonamides is 1. The summed E-state index contributed by atoms with van der Waals surface area (Å²) in [5.41, 5.74) is 0.854. The molecule has 5 rings (SSSR count). The predicted molar refractivity (Wildman–Crippen MR) is 120 cm³/mol. The molecule has 2 saturated carbocycles. The highest BCUT2D eigenvalue weighted by Crippen LogP contribution is 2.41. The van der Waals surface area contributed by atoms with Crippen LogP contribution in [0.4, 0.5) is 17.5 Å². The Morgan fingerprint density at radius 2 is 1.93 bits per heavy atom. The molecule has 11 heteroatoms. The van der Waals surface area contributed by atoms with Crippen molar-refractivity contribution in [2.45, 2.75) is 31.7 Å². The SMILES string of the molecule is Cn1cc(Nc2ncc([SiH3])c(NC3CC4CN(S(=O)(=O)CC5CC5)CC4C3)n2)cn1. The monoisotopic (exact) mass is 447 g/mol. The van der Waals surface area contributed by atoms with Gasteiger partial charge in [0.25, 0.3) is 0 Å². The van der Waals surface area contributed by atoms with Gasteiger partial charge in [0.2, 0.25) is 16.0 Å². The molecule has 2 N–H and O–H groups in total. The van der Waals surface area contributed by atoms with Gasteiger partial charge in [-0.1, -0.05) is 0 Å². The highest BCUT2D eigenvalue weighted by Gasteiger charge is 2.45. The van der Waals surface area contributed by atoms with Crippen LogP contribution in [0.3, 0.4) is 0 Å². The predicted octanol–water partition coefficient (Wildman–Crippen LogP) is -0.193. The van der Waals surface area contributed by atoms with Gasteiger partial charge < -0.3 is 10.6 Å². The number of anilines is 3. The van der Waals surface area contributed by atoms with Crippen LogP contribution in [-0.2, 0) is 17.1 Å². The van der Waals surface area contributed by atoms with E-state index in [-0.39, 0.29) is 0 Å². The molecule has 2 unspecified atom stereocenters. The normalized spacial score (nSPS) is 26.8. The number of hydrogen-bond donors (Lipinski definition) is 2. The Hall–Kier alpha value is -1.98. The van der Waals surface area contributed by atoms with Crippen molar-refractivity contribution in [3.05, 3.63) is 18.6 Å². The van der Waals surface area contributed by atoms with Gasteiger partial charge in [-0.2, -0.15) is 10.1 Å². The Kier molecular flexibility index (Phi) is 5.06. The molecule has 3 heterocycles. The summed E-state index contributed by atoms with van der Waals surface area (Å²) in [4.78, 5) is 9.09. The molecule has 1 saturated heterocycles. The second-order valence-corrected chi connectivity index (χ2v) is 12.2. The molecular weight excluding hydrogens is 418 g/mol. The van der Waals surface area contributed by atoms with Crippen LogP contribution in [0.15, 0.2) is 18.6 Å². The Morgan fingerprint density at radius 3 is 2.57 bits per heavy atom. The van der Waals surface area contributed by atoms with E-state index in [1.807, 2.05) is 19.4 Å². The lowest BCUT2D eigenvalue weighted by atomic mass is 10.0. The third kappa shape index (κ3) is 4.23. The first-order valence-corrected chi connectivity index (χ1v) is 13.3. The summed E-state index contributed by atoms with van der Waals surface area (Å²) < 4.78 is 28.7. The number of nitrogens with zero attached hydrogens (tertiary/aromatic N) is 5. The topological polar surface area (TPSA) is 105 Å². The van der Waals surface area contributed by atoms with Crippen molar-refractivity contribution in [2.24, 2.45) is 24.8 Å². The Morgan fingerprint density at radius 1 is 1.20 bits per heavy atom. The highest BCUT2D eigenvalue weighted by atomic mass is 32.2. The van der Waals surface area contributed by atoms with Gasteiger partial charge in [-0.3, -0.25) is 4.68 Å². The van der Waals surface area contributed by atoms with Crippen LogP contribution in [0.2, 0.25) is 0 Å². The lowest BCUT2D eigenvalue weighted by Crippen LogP contribution is -2.33. The molecule has 3 fully saturated rings. The van der Waals surface area contributed by atoms with Gasteiger partial charge in [-0.05, 0) is 48.6 Å². The van der Waals surface area contributed by atoms with E-state index in [2.05, 4.69) is 25.7 Å². The average Bonchev–Trinajstić information content (AvgIpc) is 3.06. The minimum Gasteiger partial charge on any atom is -0.367 e. The molecule has 0 amide bonds. The molecule has 30 heavy (non-hydrogen) atoms. The molecule has 162 valence electrons. The van der Waals surface area contributed by atoms with Crippen molar-refractivity contribution < 1.29 is 8.42 Å². The van der Waals surface area contributed by atoms with Crippen molar-refractivity contribution in [3.8, 4) is 0 Å². The summed E-state index contributed by atoms with van der Waals surface area (Å²) in [6.07, 6.45) is 9.64. The molecule has 0 bridgehead atoms. The molecule has 0 radical (unpaired) electrons. The molecule has 0 aromatic carbocycles. The van der Waals surface area contributed by atoms with Gasteiger partial charge in [-0.25, -0.2) is 17.7 Å². The number of fused-ring (bicyclic) bond motifs is 1. The first kappa shape index (κ1) is 19.9. The van der Waals surface area contributed by atoms with E-state index in [0.717, 1.165) is 52.6 Å². The van der Waals surface area contributed by atoms with Gasteiger partial charge in [0.1, 0.15) is 5.82 Å². The van der Waals surface area contributed by atoms with Crippen LogP contribution in [-0.4, -0.2) is 67.6 Å². The number of rotatable bonds is 7. The summed E-state index contributed by atoms with van der Waals surface area (Å²) in [6, 6.07) is 0.335. The summed E-state index contributed by atoms with van der Waals surface area (Å²) >= 11 is 0. The summed E-state index contributed by atoms with van der Waals surface area (Å²) in [5.74, 6) is 3.11. The van der Waals surface area contributed by atoms with E-state index < -0.39 is 10.0 Å². The molecule has 2 aromatic rings. The first-order chi connectivity index (χ1) is 14.4. The lowest BCUT2D eigenvalue weighted by molar-refractivity contribution is 0.438. The van der Waals surface area contributed by atoms with E-state index >= 15 is 0 Å². The van der Waals surface area contributed by atoms with Crippen LogP contribution in [0.5, 0.6) is 0 Å². The minimum atomic E-state index is -3.07. The zero-order valence-corrected chi connectivity index (χ0v) is 20.3. The largest absolute Gasteiger partial charge is 0.367 e. The Bertz CT molecular complexity index is 1030. The molecule has 9 nitrogen and oxygen atoms in total. The van der Waals surface area contributed by atoms with Gasteiger partial charge in [-0.15, -0.1) is 0 Å². The molecular formula is C19H29N7O2SSi. The summed E-state index contributed by atoms with van der Waals surface area (Å²) in [6.45, 7) is 1.37. The van der Waals surface area contributed by atoms with Crippen LogP contribution < -0.4 is 15.8 Å². The Labute approximate surface area is 180 Å². The van der Waals surface area contributed by atoms with Crippen molar-refractivity contribution in [2.75, 3.05) is 29.5 Å². The quantitative estimate of drug-likeness (QED) is 0.567. The van der Waals surface area contributed by atoms with Crippen molar-refractivity contribution in [1.29, 1.82) is 0 Å². The third-order valence-electron chi connectivity index (χ3n) is 6.53. The number of hydrogen-bond acceptors (Lipinski definition) is 7. The van der Waals surface area contributed by atoms with Crippen molar-refractivity contribution in [1.82, 2.24) is 24.1 Å². The maximum Gasteiger partial charge on any atom is 0.229 e. The van der Waals surface area contributed by atoms with E-state index in [9.17, 15) is 8.42 Å². The molecule has 3 aliphatic rings. The lowest BCUT2D eigenvalue weighted by Gasteiger charge is -2.20. The van der Waals surface area contributed by atoms with Gasteiger partial charge in [0, 0.05) is 48.8 Å². The van der Waals surface area contributed by atoms with E-state index in [0.29, 0.717) is 48.6 Å². The molecule has 2 aromatic heterocycles. The minimum absolute atomic E-state index is 0.335. The fourth-order valence-electron chi connectivity index (χ4n) is 4.75. The van der Waals surface area contributed by atoms with E-state index in [4.69, 9.17) is 0 Å². The number of aryl methyl sites for hydroxylation is 1. The van der Waals surface area contributed by atoms with Gasteiger partial charge in [0.15, 0.2) is 0 Å². The molecule has 0 spiro atoms. The van der Waals surface area contributed by atoms with Gasteiger partial charge in [0.05, 0.1) is 17.6 Å². The second-order valence-electron chi connectivity index (χ2n) is 9.12. The maximum atomic E-state index is 12.6.